The molecule has 0 aromatic heterocycles. The maximum Gasteiger partial charge on any atom is 0.226 e. The lowest BCUT2D eigenvalue weighted by molar-refractivity contribution is -0.486. The van der Waals surface area contributed by atoms with Gasteiger partial charge in [0.1, 0.15) is 5.92 Å². The third-order valence-electron chi connectivity index (χ3n) is 4.78. The Morgan fingerprint density at radius 2 is 1.75 bits per heavy atom. The van der Waals surface area contributed by atoms with E-state index in [1.54, 1.807) is 68.4 Å². The van der Waals surface area contributed by atoms with Crippen LogP contribution in [-0.2, 0) is 9.53 Å². The summed E-state index contributed by atoms with van der Waals surface area (Å²) in [4.78, 5) is 38.7. The summed E-state index contributed by atoms with van der Waals surface area (Å²) in [5.41, 5.74) is -0.530. The lowest BCUT2D eigenvalue weighted by atomic mass is 9.84. The van der Waals surface area contributed by atoms with Crippen LogP contribution in [0.15, 0.2) is 54.6 Å². The number of para-hydroxylation sites is 1. The second-order valence-electron chi connectivity index (χ2n) is 7.04. The number of benzene rings is 2. The van der Waals surface area contributed by atoms with Crippen molar-refractivity contribution in [3.63, 3.8) is 0 Å². The van der Waals surface area contributed by atoms with Gasteiger partial charge in [0.2, 0.25) is 24.0 Å². The number of hydrogen-bond acceptors (Lipinski definition) is 5. The van der Waals surface area contributed by atoms with Gasteiger partial charge in [0.25, 0.3) is 0 Å². The third kappa shape index (κ3) is 3.18. The summed E-state index contributed by atoms with van der Waals surface area (Å²) in [7, 11) is 0. The molecule has 1 heterocycles. The third-order valence-corrected chi connectivity index (χ3v) is 4.78. The highest BCUT2D eigenvalue weighted by atomic mass is 16.6. The van der Waals surface area contributed by atoms with E-state index < -0.39 is 40.9 Å². The topological polar surface area (TPSA) is 89.8 Å². The van der Waals surface area contributed by atoms with Gasteiger partial charge < -0.3 is 4.74 Å². The molecule has 1 aliphatic heterocycles. The number of amides is 1. The number of ketones is 1. The number of fused-ring (bicyclic) bond motifs is 1. The van der Waals surface area contributed by atoms with Crippen LogP contribution in [-0.4, -0.2) is 35.0 Å². The average Bonchev–Trinajstić information content (AvgIpc) is 2.89. The van der Waals surface area contributed by atoms with Gasteiger partial charge in [-0.05, 0) is 31.5 Å². The summed E-state index contributed by atoms with van der Waals surface area (Å²) in [6, 6.07) is 15.4. The summed E-state index contributed by atoms with van der Waals surface area (Å²) in [6.07, 6.45) is -0.446. The van der Waals surface area contributed by atoms with Gasteiger partial charge in [-0.25, -0.2) is 0 Å². The SMILES string of the molecule is CC(=O)N1c2ccccc2C(=O)[C@]1(OC(C)C)[C@H](C[N+](=O)[O-])c1ccccc1. The Balaban J connectivity index is 2.31. The Hall–Kier alpha value is -3.06. The van der Waals surface area contributed by atoms with Crippen LogP contribution in [0.4, 0.5) is 5.69 Å². The minimum Gasteiger partial charge on any atom is -0.344 e. The van der Waals surface area contributed by atoms with E-state index in [0.717, 1.165) is 0 Å². The van der Waals surface area contributed by atoms with Crippen molar-refractivity contribution in [1.82, 2.24) is 0 Å². The van der Waals surface area contributed by atoms with Crippen LogP contribution in [0.5, 0.6) is 0 Å². The van der Waals surface area contributed by atoms with Gasteiger partial charge in [0.15, 0.2) is 0 Å². The zero-order valence-electron chi connectivity index (χ0n) is 16.0. The van der Waals surface area contributed by atoms with Gasteiger partial charge in [-0.1, -0.05) is 42.5 Å². The molecule has 1 amide bonds. The van der Waals surface area contributed by atoms with Crippen molar-refractivity contribution in [2.45, 2.75) is 38.5 Å². The Morgan fingerprint density at radius 3 is 2.32 bits per heavy atom. The van der Waals surface area contributed by atoms with E-state index in [4.69, 9.17) is 4.74 Å². The second kappa shape index (κ2) is 7.52. The van der Waals surface area contributed by atoms with Crippen LogP contribution < -0.4 is 4.90 Å². The van der Waals surface area contributed by atoms with Crippen LogP contribution in [0.2, 0.25) is 0 Å². The number of nitro groups is 1. The van der Waals surface area contributed by atoms with E-state index in [0.29, 0.717) is 16.8 Å². The summed E-state index contributed by atoms with van der Waals surface area (Å²) in [5.74, 6) is -1.83. The molecule has 0 saturated carbocycles. The summed E-state index contributed by atoms with van der Waals surface area (Å²) < 4.78 is 6.14. The minimum absolute atomic E-state index is 0.322. The van der Waals surface area contributed by atoms with E-state index in [-0.39, 0.29) is 0 Å². The van der Waals surface area contributed by atoms with Gasteiger partial charge in [0, 0.05) is 17.4 Å². The first kappa shape index (κ1) is 19.7. The van der Waals surface area contributed by atoms with Gasteiger partial charge in [-0.2, -0.15) is 0 Å². The molecule has 0 saturated heterocycles. The highest BCUT2D eigenvalue weighted by Crippen LogP contribution is 2.48. The Bertz CT molecular complexity index is 912. The van der Waals surface area contributed by atoms with Crippen LogP contribution in [0.3, 0.4) is 0 Å². The first-order chi connectivity index (χ1) is 13.3. The highest BCUT2D eigenvalue weighted by Gasteiger charge is 2.61. The zero-order chi connectivity index (χ0) is 20.5. The van der Waals surface area contributed by atoms with Crippen molar-refractivity contribution in [2.75, 3.05) is 11.4 Å². The Morgan fingerprint density at radius 1 is 1.14 bits per heavy atom. The summed E-state index contributed by atoms with van der Waals surface area (Å²) >= 11 is 0. The molecule has 0 N–H and O–H groups in total. The first-order valence-corrected chi connectivity index (χ1v) is 9.08. The standard InChI is InChI=1S/C21H22N2O5/c1-14(2)28-21(18(13-22(26)27)16-9-5-4-6-10-16)20(25)17-11-7-8-12-19(17)23(21)15(3)24/h4-12,14,18H,13H2,1-3H3/t18-,21-/m1/s1. The Kier molecular flexibility index (Phi) is 5.29. The summed E-state index contributed by atoms with van der Waals surface area (Å²) in [5, 5.41) is 11.6. The number of ether oxygens (including phenoxy) is 1. The molecule has 3 rings (SSSR count). The van der Waals surface area contributed by atoms with Gasteiger partial charge in [-0.15, -0.1) is 0 Å². The fraction of sp³-hybridized carbons (Fsp3) is 0.333. The van der Waals surface area contributed by atoms with Crippen LogP contribution >= 0.6 is 0 Å². The van der Waals surface area contributed by atoms with Crippen LogP contribution in [0.25, 0.3) is 0 Å². The molecular formula is C21H22N2O5. The number of rotatable bonds is 6. The number of Topliss-reactive ketones (excluding diaryl/α,β-unsaturated/α-hetero) is 1. The van der Waals surface area contributed by atoms with Gasteiger partial charge >= 0.3 is 0 Å². The molecule has 7 nitrogen and oxygen atoms in total. The zero-order valence-corrected chi connectivity index (χ0v) is 16.0. The monoisotopic (exact) mass is 382 g/mol. The fourth-order valence-corrected chi connectivity index (χ4v) is 3.89. The highest BCUT2D eigenvalue weighted by molar-refractivity contribution is 6.19. The molecule has 0 radical (unpaired) electrons. The second-order valence-corrected chi connectivity index (χ2v) is 7.04. The van der Waals surface area contributed by atoms with Crippen LogP contribution in [0.1, 0.15) is 42.6 Å². The molecule has 2 aromatic carbocycles. The average molecular weight is 382 g/mol. The van der Waals surface area contributed by atoms with Gasteiger partial charge in [0.05, 0.1) is 11.8 Å². The molecule has 2 atom stereocenters. The minimum atomic E-state index is -1.82. The molecule has 7 heteroatoms. The van der Waals surface area contributed by atoms with Gasteiger partial charge in [-0.3, -0.25) is 24.6 Å². The number of anilines is 1. The predicted octanol–water partition coefficient (Wildman–Crippen LogP) is 3.42. The molecule has 28 heavy (non-hydrogen) atoms. The molecule has 0 unspecified atom stereocenters. The van der Waals surface area contributed by atoms with Crippen LogP contribution in [0, 0.1) is 10.1 Å². The molecule has 1 aliphatic rings. The van der Waals surface area contributed by atoms with Crippen molar-refractivity contribution in [3.05, 3.63) is 75.8 Å². The molecule has 0 aliphatic carbocycles. The largest absolute Gasteiger partial charge is 0.344 e. The van der Waals surface area contributed by atoms with Crippen molar-refractivity contribution in [1.29, 1.82) is 0 Å². The van der Waals surface area contributed by atoms with Crippen molar-refractivity contribution >= 4 is 17.4 Å². The molecule has 0 spiro atoms. The van der Waals surface area contributed by atoms with E-state index in [1.165, 1.54) is 11.8 Å². The molecule has 146 valence electrons. The summed E-state index contributed by atoms with van der Waals surface area (Å²) in [6.45, 7) is 4.26. The van der Waals surface area contributed by atoms with E-state index in [1.807, 2.05) is 0 Å². The van der Waals surface area contributed by atoms with Crippen molar-refractivity contribution in [2.24, 2.45) is 0 Å². The molecular weight excluding hydrogens is 360 g/mol. The molecule has 2 aromatic rings. The normalized spacial score (nSPS) is 19.6. The lowest BCUT2D eigenvalue weighted by Crippen LogP contribution is -2.61. The maximum atomic E-state index is 13.6. The smallest absolute Gasteiger partial charge is 0.226 e. The fourth-order valence-electron chi connectivity index (χ4n) is 3.89. The Labute approximate surface area is 163 Å². The maximum absolute atomic E-state index is 13.6. The van der Waals surface area contributed by atoms with Crippen molar-refractivity contribution < 1.29 is 19.2 Å². The lowest BCUT2D eigenvalue weighted by Gasteiger charge is -2.42. The van der Waals surface area contributed by atoms with Crippen molar-refractivity contribution in [3.8, 4) is 0 Å². The number of nitrogens with zero attached hydrogens (tertiary/aromatic N) is 2. The quantitative estimate of drug-likeness (QED) is 0.564. The van der Waals surface area contributed by atoms with E-state index >= 15 is 0 Å². The van der Waals surface area contributed by atoms with E-state index in [2.05, 4.69) is 0 Å². The predicted molar refractivity (Wildman–Crippen MR) is 104 cm³/mol. The number of carbonyl (C=O) groups excluding carboxylic acids is 2. The van der Waals surface area contributed by atoms with E-state index in [9.17, 15) is 19.7 Å². The first-order valence-electron chi connectivity index (χ1n) is 9.08. The number of hydrogen-bond donors (Lipinski definition) is 0. The number of carbonyl (C=O) groups is 2. The molecule has 0 fully saturated rings. The molecule has 0 bridgehead atoms.